The van der Waals surface area contributed by atoms with E-state index in [0.29, 0.717) is 17.1 Å². The molecule has 0 saturated heterocycles. The third-order valence-corrected chi connectivity index (χ3v) is 18.3. The molecular formula is C66H60N4SSi. The van der Waals surface area contributed by atoms with Gasteiger partial charge in [0.15, 0.2) is 0 Å². The number of aromatic nitrogens is 2. The molecule has 0 bridgehead atoms. The smallest absolute Gasteiger partial charge is 0.0776 e. The van der Waals surface area contributed by atoms with Gasteiger partial charge >= 0.3 is 0 Å². The van der Waals surface area contributed by atoms with Crippen LogP contribution in [0.3, 0.4) is 0 Å². The Kier molecular flexibility index (Phi) is 10.3. The minimum atomic E-state index is -1.68. The molecule has 0 aliphatic heterocycles. The molecule has 4 nitrogen and oxygen atoms in total. The number of fused-ring (bicyclic) bond motifs is 12. The predicted octanol–water partition coefficient (Wildman–Crippen LogP) is 19.2. The van der Waals surface area contributed by atoms with Gasteiger partial charge in [-0.2, -0.15) is 0 Å². The molecule has 0 aliphatic carbocycles. The molecule has 9 aromatic carbocycles. The first kappa shape index (κ1) is 44.7. The number of thioether (sulfide) groups is 1. The van der Waals surface area contributed by atoms with E-state index in [-0.39, 0.29) is 0 Å². The van der Waals surface area contributed by atoms with Crippen molar-refractivity contribution in [3.8, 4) is 0 Å². The fourth-order valence-corrected chi connectivity index (χ4v) is 13.8. The second kappa shape index (κ2) is 16.7. The minimum absolute atomic E-state index is 0.452. The molecule has 0 aliphatic rings. The zero-order valence-electron chi connectivity index (χ0n) is 42.7. The second-order valence-corrected chi connectivity index (χ2v) is 28.7. The van der Waals surface area contributed by atoms with Gasteiger partial charge in [-0.3, -0.25) is 0 Å². The summed E-state index contributed by atoms with van der Waals surface area (Å²) < 4.78 is 5.19. The van der Waals surface area contributed by atoms with Gasteiger partial charge in [-0.25, -0.2) is 0 Å². The van der Waals surface area contributed by atoms with Crippen LogP contribution >= 0.6 is 11.8 Å². The van der Waals surface area contributed by atoms with Crippen LogP contribution in [0.1, 0.15) is 64.5 Å². The van der Waals surface area contributed by atoms with Crippen LogP contribution in [0.5, 0.6) is 0 Å². The first-order valence-corrected chi connectivity index (χ1v) is 30.2. The van der Waals surface area contributed by atoms with E-state index >= 15 is 0 Å². The molecule has 0 atom stereocenters. The average molecular weight is 969 g/mol. The zero-order valence-corrected chi connectivity index (χ0v) is 44.6. The number of benzene rings is 9. The second-order valence-electron chi connectivity index (χ2n) is 21.9. The molecular weight excluding hydrogens is 909 g/mol. The van der Waals surface area contributed by atoms with Gasteiger partial charge in [0.2, 0.25) is 0 Å². The maximum atomic E-state index is 2.60. The van der Waals surface area contributed by atoms with Crippen molar-refractivity contribution in [2.45, 2.75) is 83.2 Å². The standard InChI is InChI=1S/C66H60N4SSi/c1-40(2)43-20-24-47(25-21-43)67(45-16-12-10-13-17-45)59-34-30-51-53-39-62-54(38-61(53)69-57-32-28-49(71-42(5)6)36-55(57)63(59)65(51)69)52-31-35-60(64-56-37-50(72(7,8)9)29-33-58(56)70(62)66(52)64)68(46-18-14-11-15-19-46)48-26-22-44(23-27-48)41(3)4/h10-42H,1-9H3. The Balaban J connectivity index is 1.13. The summed E-state index contributed by atoms with van der Waals surface area (Å²) in [5, 5.41) is 12.2. The normalized spacial score (nSPS) is 12.7. The summed E-state index contributed by atoms with van der Waals surface area (Å²) in [6.45, 7) is 21.1. The molecule has 0 spiro atoms. The number of hydrogen-bond acceptors (Lipinski definition) is 3. The molecule has 354 valence electrons. The van der Waals surface area contributed by atoms with Crippen LogP contribution < -0.4 is 15.0 Å². The molecule has 0 N–H and O–H groups in total. The maximum absolute atomic E-state index is 2.60. The summed E-state index contributed by atoms with van der Waals surface area (Å²) in [5.41, 5.74) is 17.2. The van der Waals surface area contributed by atoms with Crippen molar-refractivity contribution in [1.29, 1.82) is 0 Å². The quantitative estimate of drug-likeness (QED) is 0.0949. The van der Waals surface area contributed by atoms with Gasteiger partial charge in [-0.05, 0) is 120 Å². The molecule has 13 aromatic rings. The van der Waals surface area contributed by atoms with Crippen LogP contribution in [-0.2, 0) is 0 Å². The summed E-state index contributed by atoms with van der Waals surface area (Å²) in [7, 11) is -1.68. The highest BCUT2D eigenvalue weighted by atomic mass is 32.2. The highest BCUT2D eigenvalue weighted by Crippen LogP contribution is 2.52. The monoisotopic (exact) mass is 968 g/mol. The summed E-state index contributed by atoms with van der Waals surface area (Å²) in [6.07, 6.45) is 0. The van der Waals surface area contributed by atoms with Crippen molar-refractivity contribution >= 4 is 135 Å². The van der Waals surface area contributed by atoms with Gasteiger partial charge in [-0.1, -0.05) is 151 Å². The average Bonchev–Trinajstić information content (AvgIpc) is 4.10. The van der Waals surface area contributed by atoms with E-state index in [9.17, 15) is 0 Å². The summed E-state index contributed by atoms with van der Waals surface area (Å²) in [6, 6.07) is 69.5. The lowest BCUT2D eigenvalue weighted by atomic mass is 10.0. The number of nitrogens with zero attached hydrogens (tertiary/aromatic N) is 4. The Hall–Kier alpha value is -7.25. The van der Waals surface area contributed by atoms with Gasteiger partial charge in [-0.15, -0.1) is 11.8 Å². The lowest BCUT2D eigenvalue weighted by Crippen LogP contribution is -2.37. The van der Waals surface area contributed by atoms with Crippen molar-refractivity contribution in [1.82, 2.24) is 8.80 Å². The lowest BCUT2D eigenvalue weighted by Gasteiger charge is -2.27. The van der Waals surface area contributed by atoms with Crippen LogP contribution in [0.25, 0.3) is 76.2 Å². The van der Waals surface area contributed by atoms with Gasteiger partial charge in [0.1, 0.15) is 0 Å². The molecule has 0 radical (unpaired) electrons. The molecule has 72 heavy (non-hydrogen) atoms. The van der Waals surface area contributed by atoms with Crippen LogP contribution in [0.15, 0.2) is 187 Å². The molecule has 4 aromatic heterocycles. The molecule has 0 unspecified atom stereocenters. The van der Waals surface area contributed by atoms with Crippen molar-refractivity contribution < 1.29 is 0 Å². The maximum Gasteiger partial charge on any atom is 0.0776 e. The van der Waals surface area contributed by atoms with E-state index in [2.05, 4.69) is 262 Å². The van der Waals surface area contributed by atoms with Gasteiger partial charge in [0.05, 0.1) is 52.5 Å². The van der Waals surface area contributed by atoms with Crippen LogP contribution in [0.2, 0.25) is 19.6 Å². The van der Waals surface area contributed by atoms with Gasteiger partial charge in [0, 0.05) is 76.0 Å². The predicted molar refractivity (Wildman–Crippen MR) is 317 cm³/mol. The molecule has 6 heteroatoms. The third-order valence-electron chi connectivity index (χ3n) is 15.3. The topological polar surface area (TPSA) is 15.3 Å². The zero-order chi connectivity index (χ0) is 49.3. The highest BCUT2D eigenvalue weighted by Gasteiger charge is 2.29. The number of anilines is 6. The summed E-state index contributed by atoms with van der Waals surface area (Å²) in [4.78, 5) is 6.25. The van der Waals surface area contributed by atoms with Crippen molar-refractivity contribution in [2.75, 3.05) is 9.80 Å². The van der Waals surface area contributed by atoms with E-state index in [1.807, 2.05) is 11.8 Å². The Labute approximate surface area is 427 Å². The number of hydrogen-bond donors (Lipinski definition) is 0. The molecule has 0 amide bonds. The Morgan fingerprint density at radius 3 is 1.25 bits per heavy atom. The third kappa shape index (κ3) is 6.86. The molecule has 13 rings (SSSR count). The Morgan fingerprint density at radius 1 is 0.389 bits per heavy atom. The lowest BCUT2D eigenvalue weighted by molar-refractivity contribution is 0.866. The first-order chi connectivity index (χ1) is 34.8. The van der Waals surface area contributed by atoms with E-state index in [1.54, 1.807) is 0 Å². The SMILES string of the molecule is CC(C)Sc1ccc2c(c1)c1c(N(c3ccccc3)c3ccc(C(C)C)cc3)ccc3c4cc5c(cc4n2c31)c1ccc(N(c2ccccc2)c2ccc(C(C)C)cc2)c2c3cc([Si](C)(C)C)ccc3n5c12. The fourth-order valence-electron chi connectivity index (χ4n) is 11.8. The van der Waals surface area contributed by atoms with Crippen molar-refractivity contribution in [3.63, 3.8) is 0 Å². The van der Waals surface area contributed by atoms with Crippen LogP contribution in [0.4, 0.5) is 34.1 Å². The Morgan fingerprint density at radius 2 is 0.819 bits per heavy atom. The summed E-state index contributed by atoms with van der Waals surface area (Å²) in [5.74, 6) is 0.906. The van der Waals surface area contributed by atoms with Crippen molar-refractivity contribution in [2.24, 2.45) is 0 Å². The van der Waals surface area contributed by atoms with Crippen molar-refractivity contribution in [3.05, 3.63) is 193 Å². The molecule has 0 fully saturated rings. The molecule has 0 saturated carbocycles. The van der Waals surface area contributed by atoms with E-state index < -0.39 is 8.07 Å². The minimum Gasteiger partial charge on any atom is -0.310 e. The van der Waals surface area contributed by atoms with Crippen LogP contribution in [0, 0.1) is 0 Å². The highest BCUT2D eigenvalue weighted by molar-refractivity contribution is 7.99. The fraction of sp³-hybridized carbons (Fsp3) is 0.182. The Bertz CT molecular complexity index is 4180. The van der Waals surface area contributed by atoms with E-state index in [0.717, 1.165) is 22.7 Å². The van der Waals surface area contributed by atoms with E-state index in [1.165, 1.54) is 109 Å². The van der Waals surface area contributed by atoms with Crippen LogP contribution in [-0.4, -0.2) is 22.1 Å². The number of rotatable bonds is 11. The van der Waals surface area contributed by atoms with E-state index in [4.69, 9.17) is 0 Å². The first-order valence-electron chi connectivity index (χ1n) is 25.8. The largest absolute Gasteiger partial charge is 0.310 e. The molecule has 4 heterocycles. The summed E-state index contributed by atoms with van der Waals surface area (Å²) >= 11 is 1.94. The van der Waals surface area contributed by atoms with Gasteiger partial charge in [0.25, 0.3) is 0 Å². The van der Waals surface area contributed by atoms with Gasteiger partial charge < -0.3 is 18.6 Å². The number of para-hydroxylation sites is 2.